The van der Waals surface area contributed by atoms with Crippen LogP contribution in [-0.2, 0) is 13.1 Å². The lowest BCUT2D eigenvalue weighted by atomic mass is 10.2. The molecule has 1 aromatic heterocycles. The van der Waals surface area contributed by atoms with Gasteiger partial charge in [-0.2, -0.15) is 0 Å². The summed E-state index contributed by atoms with van der Waals surface area (Å²) in [5.41, 5.74) is 2.82. The summed E-state index contributed by atoms with van der Waals surface area (Å²) in [6.45, 7) is 1.34. The zero-order valence-corrected chi connectivity index (χ0v) is 9.81. The van der Waals surface area contributed by atoms with Crippen LogP contribution in [0.15, 0.2) is 36.0 Å². The van der Waals surface area contributed by atoms with E-state index < -0.39 is 0 Å². The van der Waals surface area contributed by atoms with Crippen molar-refractivity contribution in [2.24, 2.45) is 0 Å². The maximum absolute atomic E-state index is 10.6. The molecule has 6 heteroatoms. The van der Waals surface area contributed by atoms with Crippen molar-refractivity contribution in [1.82, 2.24) is 10.3 Å². The second kappa shape index (κ2) is 5.51. The minimum atomic E-state index is -0.382. The lowest BCUT2D eigenvalue weighted by Crippen LogP contribution is -2.11. The van der Waals surface area contributed by atoms with Crippen LogP contribution in [0, 0.1) is 10.1 Å². The number of rotatable bonds is 5. The van der Waals surface area contributed by atoms with Gasteiger partial charge in [-0.3, -0.25) is 15.1 Å². The van der Waals surface area contributed by atoms with Crippen LogP contribution >= 0.6 is 11.3 Å². The predicted molar refractivity (Wildman–Crippen MR) is 65.8 cm³/mol. The highest BCUT2D eigenvalue weighted by Gasteiger charge is 2.05. The van der Waals surface area contributed by atoms with E-state index in [9.17, 15) is 10.1 Å². The Morgan fingerprint density at radius 1 is 1.41 bits per heavy atom. The van der Waals surface area contributed by atoms with E-state index in [0.29, 0.717) is 6.54 Å². The van der Waals surface area contributed by atoms with Gasteiger partial charge in [-0.05, 0) is 5.56 Å². The quantitative estimate of drug-likeness (QED) is 0.652. The number of non-ortho nitro benzene ring substituents is 1. The molecule has 2 rings (SSSR count). The van der Waals surface area contributed by atoms with Gasteiger partial charge in [-0.25, -0.2) is 0 Å². The third-order valence-electron chi connectivity index (χ3n) is 2.23. The van der Waals surface area contributed by atoms with Crippen molar-refractivity contribution in [3.8, 4) is 0 Å². The van der Waals surface area contributed by atoms with Crippen LogP contribution in [0.2, 0.25) is 0 Å². The van der Waals surface area contributed by atoms with E-state index in [0.717, 1.165) is 17.0 Å². The molecule has 1 aromatic carbocycles. The van der Waals surface area contributed by atoms with Crippen LogP contribution in [0.3, 0.4) is 0 Å². The third kappa shape index (κ3) is 3.33. The number of nitro benzene ring substituents is 1. The summed E-state index contributed by atoms with van der Waals surface area (Å²) in [5.74, 6) is 0. The Kier molecular flexibility index (Phi) is 3.79. The third-order valence-corrected chi connectivity index (χ3v) is 3.01. The minimum absolute atomic E-state index is 0.127. The van der Waals surface area contributed by atoms with Crippen LogP contribution in [0.1, 0.15) is 10.4 Å². The molecule has 0 radical (unpaired) electrons. The Morgan fingerprint density at radius 2 is 2.29 bits per heavy atom. The minimum Gasteiger partial charge on any atom is -0.308 e. The Hall–Kier alpha value is -1.79. The summed E-state index contributed by atoms with van der Waals surface area (Å²) >= 11 is 1.58. The second-order valence-corrected chi connectivity index (χ2v) is 4.47. The lowest BCUT2D eigenvalue weighted by molar-refractivity contribution is -0.384. The molecule has 17 heavy (non-hydrogen) atoms. The van der Waals surface area contributed by atoms with Crippen molar-refractivity contribution in [1.29, 1.82) is 0 Å². The van der Waals surface area contributed by atoms with Gasteiger partial charge in [0.1, 0.15) is 0 Å². The predicted octanol–water partition coefficient (Wildman–Crippen LogP) is 2.34. The lowest BCUT2D eigenvalue weighted by Gasteiger charge is -2.02. The van der Waals surface area contributed by atoms with E-state index in [4.69, 9.17) is 0 Å². The van der Waals surface area contributed by atoms with Gasteiger partial charge in [0, 0.05) is 36.3 Å². The molecule has 0 aliphatic carbocycles. The van der Waals surface area contributed by atoms with E-state index in [1.165, 1.54) is 6.07 Å². The second-order valence-electron chi connectivity index (χ2n) is 3.50. The number of nitrogens with one attached hydrogen (secondary N) is 1. The fraction of sp³-hybridized carbons (Fsp3) is 0.182. The van der Waals surface area contributed by atoms with Crippen molar-refractivity contribution >= 4 is 17.0 Å². The Balaban J connectivity index is 1.90. The summed E-state index contributed by atoms with van der Waals surface area (Å²) < 4.78 is 0. The van der Waals surface area contributed by atoms with E-state index >= 15 is 0 Å². The molecule has 0 amide bonds. The standard InChI is InChI=1S/C11H11N3O2S/c15-14(16)10-3-1-2-9(4-10)5-12-6-11-7-13-8-17-11/h1-4,7-8,12H,5-6H2. The van der Waals surface area contributed by atoms with Gasteiger partial charge in [-0.15, -0.1) is 11.3 Å². The number of aromatic nitrogens is 1. The molecule has 5 nitrogen and oxygen atoms in total. The highest BCUT2D eigenvalue weighted by Crippen LogP contribution is 2.13. The van der Waals surface area contributed by atoms with Crippen LogP contribution in [0.5, 0.6) is 0 Å². The van der Waals surface area contributed by atoms with E-state index in [-0.39, 0.29) is 10.6 Å². The summed E-state index contributed by atoms with van der Waals surface area (Å²) in [5, 5.41) is 13.8. The number of thiazole rings is 1. The first-order valence-corrected chi connectivity index (χ1v) is 5.95. The summed E-state index contributed by atoms with van der Waals surface area (Å²) in [6, 6.07) is 6.64. The van der Waals surface area contributed by atoms with Gasteiger partial charge in [0.05, 0.1) is 10.4 Å². The summed E-state index contributed by atoms with van der Waals surface area (Å²) in [6.07, 6.45) is 1.81. The van der Waals surface area contributed by atoms with E-state index in [1.807, 2.05) is 12.3 Å². The molecule has 1 heterocycles. The van der Waals surface area contributed by atoms with E-state index in [2.05, 4.69) is 10.3 Å². The smallest absolute Gasteiger partial charge is 0.269 e. The molecule has 0 saturated carbocycles. The Labute approximate surface area is 102 Å². The fourth-order valence-corrected chi connectivity index (χ4v) is 2.00. The van der Waals surface area contributed by atoms with Crippen molar-refractivity contribution in [2.45, 2.75) is 13.1 Å². The van der Waals surface area contributed by atoms with Crippen LogP contribution in [0.25, 0.3) is 0 Å². The van der Waals surface area contributed by atoms with Crippen molar-refractivity contribution in [3.05, 3.63) is 56.5 Å². The highest BCUT2D eigenvalue weighted by atomic mass is 32.1. The first kappa shape index (κ1) is 11.7. The van der Waals surface area contributed by atoms with Gasteiger partial charge in [0.25, 0.3) is 5.69 Å². The number of hydrogen-bond donors (Lipinski definition) is 1. The average molecular weight is 249 g/mol. The van der Waals surface area contributed by atoms with Gasteiger partial charge in [0.15, 0.2) is 0 Å². The van der Waals surface area contributed by atoms with Crippen LogP contribution < -0.4 is 5.32 Å². The first-order chi connectivity index (χ1) is 8.25. The fourth-order valence-electron chi connectivity index (χ4n) is 1.44. The molecule has 0 aliphatic rings. The van der Waals surface area contributed by atoms with Crippen LogP contribution in [-0.4, -0.2) is 9.91 Å². The Bertz CT molecular complexity index is 499. The number of benzene rings is 1. The molecule has 0 bridgehead atoms. The SMILES string of the molecule is O=[N+]([O-])c1cccc(CNCc2cncs2)c1. The van der Waals surface area contributed by atoms with Gasteiger partial charge >= 0.3 is 0 Å². The molecule has 1 N–H and O–H groups in total. The molecule has 0 aliphatic heterocycles. The molecule has 0 atom stereocenters. The average Bonchev–Trinajstić information content (AvgIpc) is 2.82. The summed E-state index contributed by atoms with van der Waals surface area (Å²) in [4.78, 5) is 15.3. The van der Waals surface area contributed by atoms with Crippen molar-refractivity contribution in [3.63, 3.8) is 0 Å². The van der Waals surface area contributed by atoms with Crippen LogP contribution in [0.4, 0.5) is 5.69 Å². The zero-order valence-electron chi connectivity index (χ0n) is 9.00. The Morgan fingerprint density at radius 3 is 3.00 bits per heavy atom. The number of nitro groups is 1. The van der Waals surface area contributed by atoms with Gasteiger partial charge < -0.3 is 5.32 Å². The first-order valence-electron chi connectivity index (χ1n) is 5.07. The molecular formula is C11H11N3O2S. The van der Waals surface area contributed by atoms with E-state index in [1.54, 1.807) is 29.0 Å². The molecule has 0 saturated heterocycles. The number of nitrogens with zero attached hydrogens (tertiary/aromatic N) is 2. The van der Waals surface area contributed by atoms with Crippen molar-refractivity contribution < 1.29 is 4.92 Å². The molecule has 0 spiro atoms. The maximum Gasteiger partial charge on any atom is 0.269 e. The monoisotopic (exact) mass is 249 g/mol. The molecule has 2 aromatic rings. The topological polar surface area (TPSA) is 68.1 Å². The number of hydrogen-bond acceptors (Lipinski definition) is 5. The molecule has 0 fully saturated rings. The zero-order chi connectivity index (χ0) is 12.1. The van der Waals surface area contributed by atoms with Crippen molar-refractivity contribution in [2.75, 3.05) is 0 Å². The molecule has 88 valence electrons. The highest BCUT2D eigenvalue weighted by molar-refractivity contribution is 7.09. The van der Waals surface area contributed by atoms with Gasteiger partial charge in [0.2, 0.25) is 0 Å². The maximum atomic E-state index is 10.6. The molecule has 0 unspecified atom stereocenters. The largest absolute Gasteiger partial charge is 0.308 e. The molecular weight excluding hydrogens is 238 g/mol. The van der Waals surface area contributed by atoms with Gasteiger partial charge in [-0.1, -0.05) is 12.1 Å². The normalized spacial score (nSPS) is 10.4. The summed E-state index contributed by atoms with van der Waals surface area (Å²) in [7, 11) is 0.